The van der Waals surface area contributed by atoms with E-state index in [9.17, 15) is 0 Å². The van der Waals surface area contributed by atoms with Gasteiger partial charge < -0.3 is 23.7 Å². The zero-order valence-corrected chi connectivity index (χ0v) is 52.5. The van der Waals surface area contributed by atoms with Gasteiger partial charge in [0.1, 0.15) is 17.5 Å². The van der Waals surface area contributed by atoms with E-state index in [0.717, 1.165) is 94.9 Å². The molecule has 9 heteroatoms. The molecular formula is C76H68F2N5OPt-3. The topological polar surface area (TPSA) is 38.5 Å². The summed E-state index contributed by atoms with van der Waals surface area (Å²) in [5.41, 5.74) is 14.9. The van der Waals surface area contributed by atoms with Crippen LogP contribution < -0.4 is 14.5 Å². The fourth-order valence-electron chi connectivity index (χ4n) is 11.9. The monoisotopic (exact) mass is 1300 g/mol. The molecule has 0 amide bonds. The molecule has 0 saturated heterocycles. The van der Waals surface area contributed by atoms with E-state index >= 15 is 8.78 Å². The number of hydrogen-bond donors (Lipinski definition) is 0. The Morgan fingerprint density at radius 2 is 0.929 bits per heavy atom. The summed E-state index contributed by atoms with van der Waals surface area (Å²) in [6.45, 7) is 28.8. The van der Waals surface area contributed by atoms with Gasteiger partial charge in [-0.05, 0) is 127 Å². The Morgan fingerprint density at radius 1 is 0.435 bits per heavy atom. The summed E-state index contributed by atoms with van der Waals surface area (Å²) < 4.78 is 43.2. The second kappa shape index (κ2) is 21.0. The molecular weight excluding hydrogens is 1230 g/mol. The molecule has 0 bridgehead atoms. The summed E-state index contributed by atoms with van der Waals surface area (Å²) in [4.78, 5) is 9.29. The Balaban J connectivity index is 0.00000709. The third-order valence-electron chi connectivity index (χ3n) is 16.5. The third-order valence-corrected chi connectivity index (χ3v) is 16.5. The predicted octanol–water partition coefficient (Wildman–Crippen LogP) is 20.9. The molecule has 0 N–H and O–H groups in total. The molecule has 9 aromatic carbocycles. The van der Waals surface area contributed by atoms with Gasteiger partial charge in [-0.15, -0.1) is 42.4 Å². The number of halogens is 2. The second-order valence-corrected chi connectivity index (χ2v) is 26.6. The summed E-state index contributed by atoms with van der Waals surface area (Å²) in [6, 6.07) is 68.9. The van der Waals surface area contributed by atoms with Crippen LogP contribution in [0, 0.1) is 30.4 Å². The van der Waals surface area contributed by atoms with Crippen molar-refractivity contribution in [3.8, 4) is 45.3 Å². The summed E-state index contributed by atoms with van der Waals surface area (Å²) in [6.07, 6.45) is 1.89. The van der Waals surface area contributed by atoms with Crippen molar-refractivity contribution in [1.82, 2.24) is 14.1 Å². The maximum atomic E-state index is 15.8. The number of aromatic nitrogens is 3. The molecule has 1 aliphatic rings. The van der Waals surface area contributed by atoms with Gasteiger partial charge >= 0.3 is 0 Å². The molecule has 430 valence electrons. The maximum Gasteiger partial charge on any atom is 0.135 e. The summed E-state index contributed by atoms with van der Waals surface area (Å²) in [5.74, 6) is 0.485. The largest absolute Gasteiger partial charge is 0.509 e. The minimum atomic E-state index is -0.649. The van der Waals surface area contributed by atoms with Crippen molar-refractivity contribution >= 4 is 66.4 Å². The van der Waals surface area contributed by atoms with Gasteiger partial charge in [0.2, 0.25) is 0 Å². The standard InChI is InChI=1S/C76H68F2N5O.Pt/c1-73(2,3)49-31-32-79-71(40-49)83-67-26-18-15-23-61(67)62-30-29-57(45-70(62)83)84-58-43-55(42-56(44-58)82-65-24-16-13-21-59(65)60-22-14-17-25-66(60)82)80-46-81(69-28-20-19-27-68(69)80)72-63(47-33-50(74(4,5)6)37-51(34-47)75(7,8)9)38-52(76(10,11)12)39-64(72)48-35-53(77)41-54(78)36-48;/h13-42,44,46H,1-12H3;/q-3;. The molecule has 0 fully saturated rings. The van der Waals surface area contributed by atoms with E-state index in [1.807, 2.05) is 24.4 Å². The van der Waals surface area contributed by atoms with E-state index in [0.29, 0.717) is 28.3 Å². The van der Waals surface area contributed by atoms with Crippen molar-refractivity contribution in [2.45, 2.75) is 105 Å². The maximum absolute atomic E-state index is 15.8. The Hall–Kier alpha value is -8.32. The van der Waals surface area contributed by atoms with Crippen LogP contribution in [0.4, 0.5) is 31.5 Å². The number of pyridine rings is 1. The van der Waals surface area contributed by atoms with Gasteiger partial charge in [0, 0.05) is 89.3 Å². The normalized spacial score (nSPS) is 13.1. The Bertz CT molecular complexity index is 4490. The van der Waals surface area contributed by atoms with Crippen molar-refractivity contribution in [2.24, 2.45) is 0 Å². The number of nitrogens with zero attached hydrogens (tertiary/aromatic N) is 5. The van der Waals surface area contributed by atoms with Crippen LogP contribution in [0.15, 0.2) is 188 Å². The summed E-state index contributed by atoms with van der Waals surface area (Å²) in [7, 11) is 0. The molecule has 4 heterocycles. The Kier molecular flexibility index (Phi) is 14.1. The van der Waals surface area contributed by atoms with Crippen LogP contribution in [0.3, 0.4) is 0 Å². The van der Waals surface area contributed by atoms with E-state index in [1.165, 1.54) is 28.8 Å². The molecule has 0 unspecified atom stereocenters. The average Bonchev–Trinajstić information content (AvgIpc) is 2.19. The van der Waals surface area contributed by atoms with Crippen LogP contribution in [-0.4, -0.2) is 14.1 Å². The first-order valence-corrected chi connectivity index (χ1v) is 29.0. The van der Waals surface area contributed by atoms with E-state index in [2.05, 4.69) is 266 Å². The van der Waals surface area contributed by atoms with Crippen molar-refractivity contribution in [2.75, 3.05) is 9.80 Å². The molecule has 13 rings (SSSR count). The number of hydrogen-bond acceptors (Lipinski definition) is 4. The first kappa shape index (κ1) is 57.1. The molecule has 1 aliphatic heterocycles. The fourth-order valence-corrected chi connectivity index (χ4v) is 11.9. The van der Waals surface area contributed by atoms with Crippen LogP contribution >= 0.6 is 0 Å². The molecule has 0 saturated carbocycles. The quantitative estimate of drug-likeness (QED) is 0.142. The molecule has 85 heavy (non-hydrogen) atoms. The van der Waals surface area contributed by atoms with Gasteiger partial charge in [0.05, 0.1) is 11.0 Å². The minimum Gasteiger partial charge on any atom is -0.509 e. The number of fused-ring (bicyclic) bond motifs is 7. The second-order valence-electron chi connectivity index (χ2n) is 26.6. The molecule has 6 nitrogen and oxygen atoms in total. The summed E-state index contributed by atoms with van der Waals surface area (Å²) >= 11 is 0. The Morgan fingerprint density at radius 3 is 1.49 bits per heavy atom. The van der Waals surface area contributed by atoms with E-state index in [1.54, 1.807) is 0 Å². The van der Waals surface area contributed by atoms with Gasteiger partial charge in [0.25, 0.3) is 0 Å². The van der Waals surface area contributed by atoms with Crippen LogP contribution in [0.5, 0.6) is 11.5 Å². The number of para-hydroxylation sites is 5. The summed E-state index contributed by atoms with van der Waals surface area (Å²) in [5, 5.41) is 4.38. The van der Waals surface area contributed by atoms with E-state index in [4.69, 9.17) is 9.72 Å². The smallest absolute Gasteiger partial charge is 0.135 e. The molecule has 3 aromatic heterocycles. The minimum absolute atomic E-state index is 0. The average molecular weight is 1300 g/mol. The fraction of sp³-hybridized carbons (Fsp3) is 0.211. The number of anilines is 4. The van der Waals surface area contributed by atoms with Crippen molar-refractivity contribution in [3.63, 3.8) is 0 Å². The van der Waals surface area contributed by atoms with E-state index < -0.39 is 11.6 Å². The van der Waals surface area contributed by atoms with Gasteiger partial charge in [-0.2, -0.15) is 6.07 Å². The SMILES string of the molecule is CC(C)(C)c1cc(-c2cc(C(C)(C)C)cc(-c3cc(F)cc(F)c3)c2N2[CH-]N(c3[c-]c(Oc4[c-]c5c(cc4)c4ccccc4n5-c4cc(C(C)(C)C)ccn4)cc(-n4c5ccccc5c5ccccc54)c3)c3ccccc32)cc(C(C)(C)C)c1.[Pt]. The van der Waals surface area contributed by atoms with E-state index in [-0.39, 0.29) is 42.7 Å². The van der Waals surface area contributed by atoms with Crippen molar-refractivity contribution in [1.29, 1.82) is 0 Å². The predicted molar refractivity (Wildman–Crippen MR) is 344 cm³/mol. The zero-order chi connectivity index (χ0) is 58.8. The molecule has 12 aromatic rings. The van der Waals surface area contributed by atoms with Crippen molar-refractivity contribution < 1.29 is 34.6 Å². The van der Waals surface area contributed by atoms with Gasteiger partial charge in [0.15, 0.2) is 0 Å². The molecule has 0 aliphatic carbocycles. The van der Waals surface area contributed by atoms with Gasteiger partial charge in [-0.25, -0.2) is 13.8 Å². The Labute approximate surface area is 512 Å². The number of benzene rings is 9. The number of rotatable bonds is 8. The molecule has 0 radical (unpaired) electrons. The third kappa shape index (κ3) is 10.4. The van der Waals surface area contributed by atoms with Crippen LogP contribution in [0.2, 0.25) is 0 Å². The van der Waals surface area contributed by atoms with Crippen LogP contribution in [0.1, 0.15) is 105 Å². The molecule has 0 atom stereocenters. The van der Waals surface area contributed by atoms with Gasteiger partial charge in [-0.3, -0.25) is 0 Å². The van der Waals surface area contributed by atoms with Crippen LogP contribution in [-0.2, 0) is 42.7 Å². The van der Waals surface area contributed by atoms with Crippen LogP contribution in [0.25, 0.3) is 77.4 Å². The first-order valence-electron chi connectivity index (χ1n) is 29.0. The zero-order valence-electron chi connectivity index (χ0n) is 50.2. The first-order chi connectivity index (χ1) is 40.0. The number of ether oxygens (including phenoxy) is 1. The van der Waals surface area contributed by atoms with Crippen molar-refractivity contribution in [3.05, 3.63) is 241 Å². The van der Waals surface area contributed by atoms with Gasteiger partial charge in [-0.1, -0.05) is 185 Å². The molecule has 0 spiro atoms.